The van der Waals surface area contributed by atoms with Crippen molar-refractivity contribution in [2.24, 2.45) is 0 Å². The predicted molar refractivity (Wildman–Crippen MR) is 81.7 cm³/mol. The lowest BCUT2D eigenvalue weighted by atomic mass is 9.96. The van der Waals surface area contributed by atoms with Crippen LogP contribution in [-0.4, -0.2) is 5.24 Å². The summed E-state index contributed by atoms with van der Waals surface area (Å²) in [5.74, 6) is 0. The van der Waals surface area contributed by atoms with Crippen LogP contribution in [0, 0.1) is 0 Å². The molecule has 2 nitrogen and oxygen atoms in total. The third kappa shape index (κ3) is 4.73. The van der Waals surface area contributed by atoms with E-state index in [0.717, 1.165) is 31.4 Å². The van der Waals surface area contributed by atoms with Gasteiger partial charge in [-0.3, -0.25) is 4.79 Å². The summed E-state index contributed by atoms with van der Waals surface area (Å²) in [7, 11) is 0. The van der Waals surface area contributed by atoms with E-state index >= 15 is 0 Å². The maximum Gasteiger partial charge on any atom is 0.280 e. The zero-order valence-corrected chi connectivity index (χ0v) is 12.2. The van der Waals surface area contributed by atoms with Crippen LogP contribution in [0.15, 0.2) is 18.2 Å². The SMILES string of the molecule is CCCCc1cccc(NC(=O)S)c1CCCC. The molecule has 18 heavy (non-hydrogen) atoms. The molecule has 0 aliphatic rings. The Morgan fingerprint density at radius 3 is 2.44 bits per heavy atom. The minimum Gasteiger partial charge on any atom is -0.317 e. The number of nitrogens with one attached hydrogen (secondary N) is 1. The summed E-state index contributed by atoms with van der Waals surface area (Å²) in [5, 5.41) is 2.53. The largest absolute Gasteiger partial charge is 0.317 e. The lowest BCUT2D eigenvalue weighted by molar-refractivity contribution is 0.270. The summed E-state index contributed by atoms with van der Waals surface area (Å²) in [6.07, 6.45) is 6.81. The number of rotatable bonds is 7. The molecule has 0 saturated carbocycles. The second kappa shape index (κ2) is 8.20. The molecule has 0 saturated heterocycles. The Hall–Kier alpha value is -0.960. The number of aryl methyl sites for hydroxylation is 1. The number of unbranched alkanes of at least 4 members (excludes halogenated alkanes) is 2. The summed E-state index contributed by atoms with van der Waals surface area (Å²) in [6, 6.07) is 6.16. The molecule has 0 fully saturated rings. The molecule has 1 aromatic rings. The Morgan fingerprint density at radius 2 is 1.83 bits per heavy atom. The molecule has 0 aromatic heterocycles. The third-order valence-corrected chi connectivity index (χ3v) is 3.21. The standard InChI is InChI=1S/C15H23NOS/c1-3-5-8-12-9-7-11-14(16-15(17)18)13(12)10-6-4-2/h7,9,11H,3-6,8,10H2,1-2H3,(H2,16,17,18). The summed E-state index contributed by atoms with van der Waals surface area (Å²) < 4.78 is 0. The number of anilines is 1. The maximum atomic E-state index is 11.1. The van der Waals surface area contributed by atoms with Crippen molar-refractivity contribution in [3.05, 3.63) is 29.3 Å². The van der Waals surface area contributed by atoms with Gasteiger partial charge >= 0.3 is 0 Å². The van der Waals surface area contributed by atoms with Crippen molar-refractivity contribution in [3.63, 3.8) is 0 Å². The fourth-order valence-corrected chi connectivity index (χ4v) is 2.24. The number of carbonyl (C=O) groups excluding carboxylic acids is 1. The molecule has 100 valence electrons. The first kappa shape index (κ1) is 15.1. The Bertz CT molecular complexity index is 390. The van der Waals surface area contributed by atoms with E-state index in [9.17, 15) is 4.79 Å². The van der Waals surface area contributed by atoms with E-state index in [0.29, 0.717) is 0 Å². The molecule has 0 heterocycles. The van der Waals surface area contributed by atoms with Crippen LogP contribution in [0.2, 0.25) is 0 Å². The highest BCUT2D eigenvalue weighted by Gasteiger charge is 2.09. The van der Waals surface area contributed by atoms with Crippen molar-refractivity contribution in [2.45, 2.75) is 52.4 Å². The minimum atomic E-state index is -0.291. The molecule has 1 amide bonds. The van der Waals surface area contributed by atoms with E-state index < -0.39 is 0 Å². The fraction of sp³-hybridized carbons (Fsp3) is 0.533. The number of benzene rings is 1. The van der Waals surface area contributed by atoms with E-state index in [1.807, 2.05) is 12.1 Å². The molecule has 3 heteroatoms. The van der Waals surface area contributed by atoms with Crippen molar-refractivity contribution in [3.8, 4) is 0 Å². The molecule has 1 aromatic carbocycles. The van der Waals surface area contributed by atoms with Gasteiger partial charge in [-0.1, -0.05) is 51.5 Å². The molecule has 1 N–H and O–H groups in total. The second-order valence-corrected chi connectivity index (χ2v) is 4.99. The van der Waals surface area contributed by atoms with Crippen LogP contribution in [0.25, 0.3) is 0 Å². The van der Waals surface area contributed by atoms with E-state index in [1.54, 1.807) is 0 Å². The molecule has 0 atom stereocenters. The average molecular weight is 265 g/mol. The Kier molecular flexibility index (Phi) is 6.88. The van der Waals surface area contributed by atoms with Gasteiger partial charge in [-0.15, -0.1) is 0 Å². The number of hydrogen-bond acceptors (Lipinski definition) is 1. The topological polar surface area (TPSA) is 29.1 Å². The van der Waals surface area contributed by atoms with E-state index in [4.69, 9.17) is 0 Å². The van der Waals surface area contributed by atoms with Gasteiger partial charge < -0.3 is 5.32 Å². The van der Waals surface area contributed by atoms with Crippen LogP contribution in [-0.2, 0) is 12.8 Å². The first-order valence-corrected chi connectivity index (χ1v) is 7.24. The fourth-order valence-electron chi connectivity index (χ4n) is 2.12. The van der Waals surface area contributed by atoms with Gasteiger partial charge in [0, 0.05) is 5.69 Å². The van der Waals surface area contributed by atoms with Crippen LogP contribution >= 0.6 is 12.6 Å². The highest BCUT2D eigenvalue weighted by molar-refractivity contribution is 7.96. The van der Waals surface area contributed by atoms with Crippen LogP contribution in [0.1, 0.15) is 50.7 Å². The van der Waals surface area contributed by atoms with Gasteiger partial charge in [-0.05, 0) is 42.9 Å². The molecule has 0 aliphatic heterocycles. The normalized spacial score (nSPS) is 10.4. The lowest BCUT2D eigenvalue weighted by Gasteiger charge is -2.14. The van der Waals surface area contributed by atoms with Crippen LogP contribution < -0.4 is 5.32 Å². The zero-order valence-electron chi connectivity index (χ0n) is 11.3. The van der Waals surface area contributed by atoms with E-state index in [-0.39, 0.29) is 5.24 Å². The van der Waals surface area contributed by atoms with Gasteiger partial charge in [-0.2, -0.15) is 0 Å². The van der Waals surface area contributed by atoms with E-state index in [2.05, 4.69) is 37.9 Å². The summed E-state index contributed by atoms with van der Waals surface area (Å²) in [4.78, 5) is 11.1. The van der Waals surface area contributed by atoms with Gasteiger partial charge in [0.15, 0.2) is 0 Å². The number of amides is 1. The minimum absolute atomic E-state index is 0.291. The molecule has 0 spiro atoms. The number of hydrogen-bond donors (Lipinski definition) is 2. The Balaban J connectivity index is 2.95. The quantitative estimate of drug-likeness (QED) is 0.679. The highest BCUT2D eigenvalue weighted by Crippen LogP contribution is 2.24. The van der Waals surface area contributed by atoms with Crippen LogP contribution in [0.3, 0.4) is 0 Å². The Labute approximate surface area is 116 Å². The highest BCUT2D eigenvalue weighted by atomic mass is 32.1. The smallest absolute Gasteiger partial charge is 0.280 e. The first-order valence-electron chi connectivity index (χ1n) is 6.79. The van der Waals surface area contributed by atoms with Crippen molar-refractivity contribution in [2.75, 3.05) is 5.32 Å². The molecule has 0 radical (unpaired) electrons. The molecular formula is C15H23NOS. The number of thiol groups is 1. The van der Waals surface area contributed by atoms with Crippen LogP contribution in [0.5, 0.6) is 0 Å². The number of carbonyl (C=O) groups is 1. The van der Waals surface area contributed by atoms with Crippen molar-refractivity contribution < 1.29 is 4.79 Å². The summed E-state index contributed by atoms with van der Waals surface area (Å²) in [6.45, 7) is 4.39. The van der Waals surface area contributed by atoms with Gasteiger partial charge in [-0.25, -0.2) is 0 Å². The average Bonchev–Trinajstić information content (AvgIpc) is 2.34. The van der Waals surface area contributed by atoms with Crippen molar-refractivity contribution in [1.29, 1.82) is 0 Å². The van der Waals surface area contributed by atoms with Gasteiger partial charge in [0.05, 0.1) is 0 Å². The zero-order chi connectivity index (χ0) is 13.4. The van der Waals surface area contributed by atoms with Crippen LogP contribution in [0.4, 0.5) is 10.5 Å². The van der Waals surface area contributed by atoms with E-state index in [1.165, 1.54) is 24.0 Å². The monoisotopic (exact) mass is 265 g/mol. The second-order valence-electron chi connectivity index (χ2n) is 4.58. The molecule has 0 bridgehead atoms. The summed E-state index contributed by atoms with van der Waals surface area (Å²) in [5.41, 5.74) is 3.58. The predicted octanol–water partition coefficient (Wildman–Crippen LogP) is 4.83. The van der Waals surface area contributed by atoms with Gasteiger partial charge in [0.2, 0.25) is 0 Å². The lowest BCUT2D eigenvalue weighted by Crippen LogP contribution is -2.07. The third-order valence-electron chi connectivity index (χ3n) is 3.09. The Morgan fingerprint density at radius 1 is 1.17 bits per heavy atom. The molecule has 1 rings (SSSR count). The molecule has 0 aliphatic carbocycles. The maximum absolute atomic E-state index is 11.1. The van der Waals surface area contributed by atoms with Gasteiger partial charge in [0.25, 0.3) is 5.24 Å². The van der Waals surface area contributed by atoms with Crippen molar-refractivity contribution in [1.82, 2.24) is 0 Å². The molecular weight excluding hydrogens is 242 g/mol. The van der Waals surface area contributed by atoms with Gasteiger partial charge in [0.1, 0.15) is 0 Å². The first-order chi connectivity index (χ1) is 8.69. The molecule has 0 unspecified atom stereocenters. The summed E-state index contributed by atoms with van der Waals surface area (Å²) >= 11 is 3.80. The van der Waals surface area contributed by atoms with Crippen molar-refractivity contribution >= 4 is 23.6 Å².